The van der Waals surface area contributed by atoms with E-state index in [9.17, 15) is 0 Å². The van der Waals surface area contributed by atoms with Crippen LogP contribution in [0.15, 0.2) is 97.2 Å². The Kier molecular flexibility index (Phi) is 4.54. The quantitative estimate of drug-likeness (QED) is 0.295. The zero-order valence-corrected chi connectivity index (χ0v) is 20.0. The lowest BCUT2D eigenvalue weighted by Gasteiger charge is -2.14. The van der Waals surface area contributed by atoms with Crippen LogP contribution in [0.2, 0.25) is 0 Å². The zero-order valence-electron chi connectivity index (χ0n) is 20.0. The molecule has 0 bridgehead atoms. The molecule has 0 N–H and O–H groups in total. The number of ether oxygens (including phenoxy) is 1. The molecule has 0 saturated heterocycles. The van der Waals surface area contributed by atoms with Gasteiger partial charge in [-0.2, -0.15) is 0 Å². The van der Waals surface area contributed by atoms with Crippen LogP contribution in [-0.4, -0.2) is 31.1 Å². The molecule has 0 unspecified atom stereocenters. The molecule has 4 aromatic carbocycles. The predicted molar refractivity (Wildman–Crippen MR) is 143 cm³/mol. The van der Waals surface area contributed by atoms with Gasteiger partial charge >= 0.3 is 0 Å². The second kappa shape index (κ2) is 7.92. The number of rotatable bonds is 4. The number of hydrogen-bond donors (Lipinski definition) is 0. The van der Waals surface area contributed by atoms with E-state index < -0.39 is 0 Å². The van der Waals surface area contributed by atoms with E-state index in [0.717, 1.165) is 50.5 Å². The summed E-state index contributed by atoms with van der Waals surface area (Å²) in [6.07, 6.45) is 2.09. The topological polar surface area (TPSA) is 56.7 Å². The van der Waals surface area contributed by atoms with Crippen molar-refractivity contribution in [1.29, 1.82) is 0 Å². The highest BCUT2D eigenvalue weighted by Crippen LogP contribution is 2.32. The molecule has 0 saturated carbocycles. The van der Waals surface area contributed by atoms with Crippen LogP contribution in [0.3, 0.4) is 0 Å². The van der Waals surface area contributed by atoms with Gasteiger partial charge in [-0.05, 0) is 40.6 Å². The van der Waals surface area contributed by atoms with E-state index in [0.29, 0.717) is 0 Å². The third kappa shape index (κ3) is 3.08. The van der Waals surface area contributed by atoms with Crippen LogP contribution in [0.4, 0.5) is 0 Å². The minimum absolute atomic E-state index is 0.0286. The monoisotopic (exact) mass is 469 g/mol. The fraction of sp³-hybridized carbons (Fsp3) is 0.100. The molecule has 1 atom stereocenters. The highest BCUT2D eigenvalue weighted by molar-refractivity contribution is 5.88. The normalized spacial score (nSPS) is 12.6. The fourth-order valence-electron chi connectivity index (χ4n) is 5.07. The Morgan fingerprint density at radius 3 is 2.33 bits per heavy atom. The van der Waals surface area contributed by atoms with Crippen molar-refractivity contribution in [1.82, 2.24) is 24.0 Å². The molecule has 0 radical (unpaired) electrons. The van der Waals surface area contributed by atoms with Gasteiger partial charge in [-0.15, -0.1) is 10.2 Å². The molecule has 0 spiro atoms. The Labute approximate surface area is 207 Å². The number of aromatic nitrogens is 5. The van der Waals surface area contributed by atoms with Gasteiger partial charge in [-0.1, -0.05) is 73.7 Å². The van der Waals surface area contributed by atoms with Crippen molar-refractivity contribution in [2.75, 3.05) is 7.11 Å². The lowest BCUT2D eigenvalue weighted by atomic mass is 9.97. The Balaban J connectivity index is 1.44. The third-order valence-corrected chi connectivity index (χ3v) is 7.00. The second-order valence-electron chi connectivity index (χ2n) is 9.09. The lowest BCUT2D eigenvalue weighted by Crippen LogP contribution is -2.05. The van der Waals surface area contributed by atoms with Crippen LogP contribution >= 0.6 is 0 Å². The smallest absolute Gasteiger partial charge is 0.205 e. The number of hydrogen-bond acceptors (Lipinski definition) is 4. The maximum Gasteiger partial charge on any atom is 0.205 e. The van der Waals surface area contributed by atoms with Crippen LogP contribution in [0, 0.1) is 0 Å². The molecule has 0 fully saturated rings. The molecule has 0 aliphatic carbocycles. The van der Waals surface area contributed by atoms with Crippen molar-refractivity contribution in [2.45, 2.75) is 12.8 Å². The average molecular weight is 470 g/mol. The summed E-state index contributed by atoms with van der Waals surface area (Å²) in [6.45, 7) is 2.18. The number of imidazole rings is 1. The SMILES string of the molecule is COc1ccc2cc([C@H](C)c3nnc4c5nc(-c6ccccc6)cn5c5ccccc5n34)ccc2c1. The molecular weight excluding hydrogens is 446 g/mol. The van der Waals surface area contributed by atoms with E-state index in [2.05, 4.69) is 93.8 Å². The van der Waals surface area contributed by atoms with Crippen LogP contribution in [0.1, 0.15) is 24.2 Å². The standard InChI is InChI=1S/C30H23N5O/c1-19(21-12-13-23-17-24(36-2)15-14-22(23)16-21)28-32-33-30-29-31-25(20-8-4-3-5-9-20)18-34(29)26-10-6-7-11-27(26)35(28)30/h3-19H,1-2H3/t19-/m0/s1. The molecule has 36 heavy (non-hydrogen) atoms. The lowest BCUT2D eigenvalue weighted by molar-refractivity contribution is 0.415. The fourth-order valence-corrected chi connectivity index (χ4v) is 5.07. The van der Waals surface area contributed by atoms with Crippen molar-refractivity contribution in [3.8, 4) is 17.0 Å². The molecule has 0 aliphatic rings. The number of nitrogens with zero attached hydrogens (tertiary/aromatic N) is 5. The minimum atomic E-state index is 0.0286. The summed E-state index contributed by atoms with van der Waals surface area (Å²) < 4.78 is 9.67. The van der Waals surface area contributed by atoms with Gasteiger partial charge in [0, 0.05) is 17.7 Å². The van der Waals surface area contributed by atoms with Crippen molar-refractivity contribution in [3.05, 3.63) is 109 Å². The van der Waals surface area contributed by atoms with Crippen molar-refractivity contribution in [2.24, 2.45) is 0 Å². The van der Waals surface area contributed by atoms with E-state index >= 15 is 0 Å². The van der Waals surface area contributed by atoms with E-state index in [-0.39, 0.29) is 5.92 Å². The summed E-state index contributed by atoms with van der Waals surface area (Å²) in [7, 11) is 1.69. The van der Waals surface area contributed by atoms with Crippen LogP contribution in [-0.2, 0) is 0 Å². The predicted octanol–water partition coefficient (Wildman–Crippen LogP) is 6.51. The maximum absolute atomic E-state index is 5.38. The number of para-hydroxylation sites is 2. The molecule has 7 aromatic rings. The second-order valence-corrected chi connectivity index (χ2v) is 9.09. The van der Waals surface area contributed by atoms with Crippen LogP contribution in [0.5, 0.6) is 5.75 Å². The largest absolute Gasteiger partial charge is 0.497 e. The van der Waals surface area contributed by atoms with Crippen molar-refractivity contribution in [3.63, 3.8) is 0 Å². The summed E-state index contributed by atoms with van der Waals surface area (Å²) in [5, 5.41) is 11.7. The van der Waals surface area contributed by atoms with Gasteiger partial charge in [0.2, 0.25) is 5.65 Å². The summed E-state index contributed by atoms with van der Waals surface area (Å²) in [6, 6.07) is 31.3. The highest BCUT2D eigenvalue weighted by Gasteiger charge is 2.21. The molecule has 3 aromatic heterocycles. The van der Waals surface area contributed by atoms with Crippen molar-refractivity contribution >= 4 is 33.1 Å². The molecule has 3 heterocycles. The van der Waals surface area contributed by atoms with Gasteiger partial charge in [-0.3, -0.25) is 8.80 Å². The minimum Gasteiger partial charge on any atom is -0.497 e. The van der Waals surface area contributed by atoms with Gasteiger partial charge in [0.15, 0.2) is 5.65 Å². The maximum atomic E-state index is 5.38. The van der Waals surface area contributed by atoms with E-state index in [1.54, 1.807) is 7.11 Å². The summed E-state index contributed by atoms with van der Waals surface area (Å²) >= 11 is 0. The van der Waals surface area contributed by atoms with Gasteiger partial charge in [0.05, 0.1) is 23.8 Å². The first-order valence-corrected chi connectivity index (χ1v) is 12.0. The van der Waals surface area contributed by atoms with Crippen LogP contribution < -0.4 is 4.74 Å². The number of methoxy groups -OCH3 is 1. The molecule has 6 heteroatoms. The Hall–Kier alpha value is -4.71. The molecule has 0 amide bonds. The molecule has 174 valence electrons. The summed E-state index contributed by atoms with van der Waals surface area (Å²) in [5.74, 6) is 1.78. The first-order valence-electron chi connectivity index (χ1n) is 12.0. The van der Waals surface area contributed by atoms with Crippen LogP contribution in [0.25, 0.3) is 44.4 Å². The molecule has 7 rings (SSSR count). The van der Waals surface area contributed by atoms with Crippen molar-refractivity contribution < 1.29 is 4.74 Å². The Morgan fingerprint density at radius 2 is 1.50 bits per heavy atom. The zero-order chi connectivity index (χ0) is 24.2. The first-order chi connectivity index (χ1) is 17.7. The molecular formula is C30H23N5O. The average Bonchev–Trinajstić information content (AvgIpc) is 3.58. The van der Waals surface area contributed by atoms with E-state index in [1.807, 2.05) is 24.3 Å². The summed E-state index contributed by atoms with van der Waals surface area (Å²) in [5.41, 5.74) is 6.83. The molecule has 0 aliphatic heterocycles. The van der Waals surface area contributed by atoms with Gasteiger partial charge < -0.3 is 4.74 Å². The van der Waals surface area contributed by atoms with Gasteiger partial charge in [0.1, 0.15) is 11.6 Å². The Bertz CT molecular complexity index is 1900. The Morgan fingerprint density at radius 1 is 0.750 bits per heavy atom. The highest BCUT2D eigenvalue weighted by atomic mass is 16.5. The number of benzene rings is 4. The van der Waals surface area contributed by atoms with E-state index in [4.69, 9.17) is 14.8 Å². The van der Waals surface area contributed by atoms with Gasteiger partial charge in [0.25, 0.3) is 0 Å². The number of fused-ring (bicyclic) bond motifs is 7. The summed E-state index contributed by atoms with van der Waals surface area (Å²) in [4.78, 5) is 4.99. The first kappa shape index (κ1) is 20.6. The third-order valence-electron chi connectivity index (χ3n) is 7.00. The molecule has 6 nitrogen and oxygen atoms in total. The van der Waals surface area contributed by atoms with Gasteiger partial charge in [-0.25, -0.2) is 4.98 Å². The van der Waals surface area contributed by atoms with E-state index in [1.165, 1.54) is 10.9 Å².